The molecule has 0 aromatic carbocycles. The van der Waals surface area contributed by atoms with Crippen LogP contribution in [0, 0.1) is 0 Å². The van der Waals surface area contributed by atoms with E-state index in [1.54, 1.807) is 24.9 Å². The van der Waals surface area contributed by atoms with Gasteiger partial charge in [0.1, 0.15) is 5.60 Å². The minimum absolute atomic E-state index is 0.234. The Bertz CT molecular complexity index is 602. The molecule has 0 unspecified atom stereocenters. The van der Waals surface area contributed by atoms with Gasteiger partial charge in [0.05, 0.1) is 36.1 Å². The van der Waals surface area contributed by atoms with Gasteiger partial charge in [-0.15, -0.1) is 0 Å². The summed E-state index contributed by atoms with van der Waals surface area (Å²) in [7, 11) is 0. The first-order chi connectivity index (χ1) is 9.87. The van der Waals surface area contributed by atoms with Gasteiger partial charge in [-0.1, -0.05) is 0 Å². The molecule has 2 aromatic rings. The van der Waals surface area contributed by atoms with Gasteiger partial charge >= 0.3 is 6.09 Å². The first-order valence-electron chi connectivity index (χ1n) is 6.79. The highest BCUT2D eigenvalue weighted by Crippen LogP contribution is 2.17. The number of aromatic nitrogens is 3. The molecule has 1 amide bonds. The molecular formula is C15H20N4O2. The summed E-state index contributed by atoms with van der Waals surface area (Å²) in [6.07, 6.45) is 6.41. The molecule has 2 rings (SSSR count). The van der Waals surface area contributed by atoms with E-state index >= 15 is 0 Å². The Morgan fingerprint density at radius 2 is 2.10 bits per heavy atom. The Morgan fingerprint density at radius 3 is 2.71 bits per heavy atom. The number of hydrogen-bond acceptors (Lipinski definition) is 4. The highest BCUT2D eigenvalue weighted by Gasteiger charge is 2.20. The summed E-state index contributed by atoms with van der Waals surface area (Å²) in [4.78, 5) is 20.1. The molecule has 0 saturated heterocycles. The second-order valence-electron chi connectivity index (χ2n) is 5.77. The number of rotatable bonds is 3. The maximum absolute atomic E-state index is 11.8. The molecule has 0 spiro atoms. The summed E-state index contributed by atoms with van der Waals surface area (Å²) >= 11 is 0. The third kappa shape index (κ3) is 4.05. The van der Waals surface area contributed by atoms with Crippen LogP contribution in [-0.2, 0) is 4.74 Å². The summed E-state index contributed by atoms with van der Waals surface area (Å²) in [5, 5.41) is 2.81. The van der Waals surface area contributed by atoms with Gasteiger partial charge < -0.3 is 10.1 Å². The third-order valence-corrected chi connectivity index (χ3v) is 2.77. The third-order valence-electron chi connectivity index (χ3n) is 2.77. The molecule has 0 saturated carbocycles. The van der Waals surface area contributed by atoms with Crippen molar-refractivity contribution in [3.63, 3.8) is 0 Å². The Morgan fingerprint density at radius 1 is 1.33 bits per heavy atom. The Balaban J connectivity index is 2.13. The minimum Gasteiger partial charge on any atom is -0.444 e. The SMILES string of the molecule is C[C@H](NC(=O)OC(C)(C)C)c1cncn1-c1cccnc1. The molecule has 1 atom stereocenters. The maximum atomic E-state index is 11.8. The van der Waals surface area contributed by atoms with Crippen molar-refractivity contribution in [3.8, 4) is 5.69 Å². The number of carbonyl (C=O) groups is 1. The molecule has 6 nitrogen and oxygen atoms in total. The fourth-order valence-corrected chi connectivity index (χ4v) is 1.90. The first-order valence-corrected chi connectivity index (χ1v) is 6.79. The van der Waals surface area contributed by atoms with Crippen molar-refractivity contribution >= 4 is 6.09 Å². The van der Waals surface area contributed by atoms with Gasteiger partial charge in [-0.25, -0.2) is 9.78 Å². The first kappa shape index (κ1) is 15.0. The van der Waals surface area contributed by atoms with Crippen LogP contribution in [0.5, 0.6) is 0 Å². The average molecular weight is 288 g/mol. The van der Waals surface area contributed by atoms with Crippen molar-refractivity contribution in [2.24, 2.45) is 0 Å². The number of hydrogen-bond donors (Lipinski definition) is 1. The number of imidazole rings is 1. The van der Waals surface area contributed by atoms with Gasteiger partial charge in [0, 0.05) is 6.20 Å². The lowest BCUT2D eigenvalue weighted by atomic mass is 10.2. The minimum atomic E-state index is -0.520. The van der Waals surface area contributed by atoms with E-state index in [0.29, 0.717) is 0 Å². The lowest BCUT2D eigenvalue weighted by Crippen LogP contribution is -2.34. The van der Waals surface area contributed by atoms with Crippen molar-refractivity contribution in [3.05, 3.63) is 42.7 Å². The zero-order valence-corrected chi connectivity index (χ0v) is 12.7. The van der Waals surface area contributed by atoms with Gasteiger partial charge in [0.2, 0.25) is 0 Å². The summed E-state index contributed by atoms with van der Waals surface area (Å²) < 4.78 is 7.14. The molecule has 112 valence electrons. The lowest BCUT2D eigenvalue weighted by molar-refractivity contribution is 0.0506. The molecule has 21 heavy (non-hydrogen) atoms. The summed E-state index contributed by atoms with van der Waals surface area (Å²) in [6.45, 7) is 7.37. The second kappa shape index (κ2) is 5.95. The Hall–Kier alpha value is -2.37. The highest BCUT2D eigenvalue weighted by atomic mass is 16.6. The number of carbonyl (C=O) groups excluding carboxylic acids is 1. The van der Waals surface area contributed by atoms with E-state index < -0.39 is 11.7 Å². The fourth-order valence-electron chi connectivity index (χ4n) is 1.90. The van der Waals surface area contributed by atoms with E-state index in [-0.39, 0.29) is 6.04 Å². The monoisotopic (exact) mass is 288 g/mol. The van der Waals surface area contributed by atoms with E-state index in [1.165, 1.54) is 0 Å². The van der Waals surface area contributed by atoms with Crippen molar-refractivity contribution in [1.82, 2.24) is 19.9 Å². The Kier molecular flexibility index (Phi) is 4.26. The van der Waals surface area contributed by atoms with Crippen molar-refractivity contribution in [1.29, 1.82) is 0 Å². The standard InChI is InChI=1S/C15H20N4O2/c1-11(18-14(20)21-15(2,3)4)13-9-17-10-19(13)12-6-5-7-16-8-12/h5-11H,1-4H3,(H,18,20)/t11-/m0/s1. The highest BCUT2D eigenvalue weighted by molar-refractivity contribution is 5.68. The predicted molar refractivity (Wildman–Crippen MR) is 79.1 cm³/mol. The molecular weight excluding hydrogens is 268 g/mol. The molecule has 0 aliphatic rings. The molecule has 0 aliphatic heterocycles. The van der Waals surface area contributed by atoms with Gasteiger partial charge in [-0.2, -0.15) is 0 Å². The van der Waals surface area contributed by atoms with E-state index in [9.17, 15) is 4.79 Å². The van der Waals surface area contributed by atoms with E-state index in [2.05, 4.69) is 15.3 Å². The average Bonchev–Trinajstić information content (AvgIpc) is 2.86. The molecule has 0 radical (unpaired) electrons. The van der Waals surface area contributed by atoms with Crippen LogP contribution in [0.3, 0.4) is 0 Å². The van der Waals surface area contributed by atoms with Crippen LogP contribution < -0.4 is 5.32 Å². The molecule has 2 aromatic heterocycles. The van der Waals surface area contributed by atoms with Crippen molar-refractivity contribution in [2.75, 3.05) is 0 Å². The van der Waals surface area contributed by atoms with E-state index in [4.69, 9.17) is 4.74 Å². The van der Waals surface area contributed by atoms with E-state index in [1.807, 2.05) is 44.4 Å². The van der Waals surface area contributed by atoms with Gasteiger partial charge in [0.15, 0.2) is 0 Å². The zero-order chi connectivity index (χ0) is 15.5. The topological polar surface area (TPSA) is 69.0 Å². The van der Waals surface area contributed by atoms with Crippen LogP contribution in [0.2, 0.25) is 0 Å². The molecule has 0 fully saturated rings. The summed E-state index contributed by atoms with van der Waals surface area (Å²) in [6, 6.07) is 3.55. The van der Waals surface area contributed by atoms with E-state index in [0.717, 1.165) is 11.4 Å². The van der Waals surface area contributed by atoms with Crippen LogP contribution in [0.25, 0.3) is 5.69 Å². The van der Waals surface area contributed by atoms with Crippen LogP contribution >= 0.6 is 0 Å². The number of nitrogens with zero attached hydrogens (tertiary/aromatic N) is 3. The van der Waals surface area contributed by atoms with Crippen molar-refractivity contribution in [2.45, 2.75) is 39.3 Å². The lowest BCUT2D eigenvalue weighted by Gasteiger charge is -2.22. The van der Waals surface area contributed by atoms with Crippen LogP contribution in [0.1, 0.15) is 39.4 Å². The molecule has 2 heterocycles. The number of ether oxygens (including phenoxy) is 1. The quantitative estimate of drug-likeness (QED) is 0.943. The summed E-state index contributed by atoms with van der Waals surface area (Å²) in [5.74, 6) is 0. The smallest absolute Gasteiger partial charge is 0.408 e. The molecule has 0 aliphatic carbocycles. The number of pyridine rings is 1. The summed E-state index contributed by atoms with van der Waals surface area (Å²) in [5.41, 5.74) is 1.23. The van der Waals surface area contributed by atoms with Crippen LogP contribution in [0.4, 0.5) is 4.79 Å². The number of amides is 1. The molecule has 6 heteroatoms. The maximum Gasteiger partial charge on any atom is 0.408 e. The predicted octanol–water partition coefficient (Wildman–Crippen LogP) is 2.85. The molecule has 1 N–H and O–H groups in total. The van der Waals surface area contributed by atoms with Gasteiger partial charge in [-0.3, -0.25) is 9.55 Å². The normalized spacial score (nSPS) is 12.8. The van der Waals surface area contributed by atoms with Crippen LogP contribution in [-0.4, -0.2) is 26.2 Å². The zero-order valence-electron chi connectivity index (χ0n) is 12.7. The Labute approximate surface area is 124 Å². The van der Waals surface area contributed by atoms with Gasteiger partial charge in [0.25, 0.3) is 0 Å². The fraction of sp³-hybridized carbons (Fsp3) is 0.400. The van der Waals surface area contributed by atoms with Crippen LogP contribution in [0.15, 0.2) is 37.1 Å². The van der Waals surface area contributed by atoms with Crippen molar-refractivity contribution < 1.29 is 9.53 Å². The van der Waals surface area contributed by atoms with Gasteiger partial charge in [-0.05, 0) is 39.8 Å². The number of nitrogens with one attached hydrogen (secondary N) is 1. The number of alkyl carbamates (subject to hydrolysis) is 1. The second-order valence-corrected chi connectivity index (χ2v) is 5.77. The largest absolute Gasteiger partial charge is 0.444 e. The molecule has 0 bridgehead atoms.